The van der Waals surface area contributed by atoms with Crippen LogP contribution in [0.3, 0.4) is 0 Å². The van der Waals surface area contributed by atoms with Gasteiger partial charge in [-0.3, -0.25) is 4.79 Å². The lowest BCUT2D eigenvalue weighted by atomic mass is 9.87. The molecule has 0 bridgehead atoms. The third-order valence-electron chi connectivity index (χ3n) is 3.21. The van der Waals surface area contributed by atoms with Crippen LogP contribution in [-0.2, 0) is 4.79 Å². The van der Waals surface area contributed by atoms with Crippen LogP contribution in [0.1, 0.15) is 18.5 Å². The Morgan fingerprint density at radius 3 is 2.53 bits per heavy atom. The summed E-state index contributed by atoms with van der Waals surface area (Å²) in [5.41, 5.74) is 1.80. The maximum atomic E-state index is 12.4. The standard InChI is InChI=1S/C14H17N3OS/c1-9-11(13(18)17(2)3)12(16-14(19)15-9)10-7-5-4-6-8-10/h4-8,11-12H,1-3H3,(H,16,19). The van der Waals surface area contributed by atoms with Gasteiger partial charge in [0.1, 0.15) is 5.92 Å². The fourth-order valence-electron chi connectivity index (χ4n) is 2.26. The number of amides is 1. The maximum Gasteiger partial charge on any atom is 0.233 e. The normalized spacial score (nSPS) is 22.5. The molecule has 0 spiro atoms. The van der Waals surface area contributed by atoms with Gasteiger partial charge in [-0.05, 0) is 24.7 Å². The number of nitrogens with one attached hydrogen (secondary N) is 1. The van der Waals surface area contributed by atoms with Gasteiger partial charge in [-0.25, -0.2) is 4.99 Å². The Morgan fingerprint density at radius 2 is 1.95 bits per heavy atom. The van der Waals surface area contributed by atoms with Crippen LogP contribution in [0.4, 0.5) is 0 Å². The number of hydrogen-bond acceptors (Lipinski definition) is 2. The minimum atomic E-state index is -0.316. The van der Waals surface area contributed by atoms with Crippen LogP contribution in [0.25, 0.3) is 0 Å². The first-order chi connectivity index (χ1) is 9.00. The predicted molar refractivity (Wildman–Crippen MR) is 80.2 cm³/mol. The zero-order valence-electron chi connectivity index (χ0n) is 11.3. The molecule has 0 fully saturated rings. The van der Waals surface area contributed by atoms with Crippen molar-refractivity contribution in [3.8, 4) is 0 Å². The molecule has 1 aromatic carbocycles. The van der Waals surface area contributed by atoms with Gasteiger partial charge in [0.25, 0.3) is 0 Å². The summed E-state index contributed by atoms with van der Waals surface area (Å²) in [6.45, 7) is 1.86. The molecule has 1 aliphatic rings. The first kappa shape index (κ1) is 13.7. The number of thiocarbonyl (C=S) groups is 1. The molecule has 1 aromatic rings. The van der Waals surface area contributed by atoms with Crippen LogP contribution in [0.5, 0.6) is 0 Å². The van der Waals surface area contributed by atoms with Gasteiger partial charge in [0.15, 0.2) is 5.11 Å². The van der Waals surface area contributed by atoms with E-state index in [1.54, 1.807) is 19.0 Å². The molecule has 1 N–H and O–H groups in total. The van der Waals surface area contributed by atoms with Crippen LogP contribution in [0.15, 0.2) is 35.3 Å². The van der Waals surface area contributed by atoms with E-state index in [0.29, 0.717) is 5.11 Å². The highest BCUT2D eigenvalue weighted by Crippen LogP contribution is 2.27. The number of hydrogen-bond donors (Lipinski definition) is 1. The van der Waals surface area contributed by atoms with Gasteiger partial charge in [0, 0.05) is 19.8 Å². The summed E-state index contributed by atoms with van der Waals surface area (Å²) in [5, 5.41) is 3.58. The fraction of sp³-hybridized carbons (Fsp3) is 0.357. The van der Waals surface area contributed by atoms with Crippen molar-refractivity contribution in [2.24, 2.45) is 10.9 Å². The van der Waals surface area contributed by atoms with Crippen molar-refractivity contribution in [1.29, 1.82) is 0 Å². The second kappa shape index (κ2) is 5.48. The first-order valence-electron chi connectivity index (χ1n) is 6.12. The van der Waals surface area contributed by atoms with Crippen molar-refractivity contribution in [1.82, 2.24) is 10.2 Å². The summed E-state index contributed by atoms with van der Waals surface area (Å²) in [6, 6.07) is 9.70. The molecule has 0 aromatic heterocycles. The van der Waals surface area contributed by atoms with Crippen molar-refractivity contribution in [3.63, 3.8) is 0 Å². The zero-order valence-corrected chi connectivity index (χ0v) is 12.1. The van der Waals surface area contributed by atoms with E-state index in [-0.39, 0.29) is 17.9 Å². The molecule has 0 radical (unpaired) electrons. The molecule has 0 saturated heterocycles. The van der Waals surface area contributed by atoms with Gasteiger partial charge in [0.05, 0.1) is 6.04 Å². The quantitative estimate of drug-likeness (QED) is 0.837. The number of benzene rings is 1. The molecule has 5 heteroatoms. The van der Waals surface area contributed by atoms with Crippen LogP contribution in [0, 0.1) is 5.92 Å². The number of aliphatic imine (C=N–C) groups is 1. The number of nitrogens with zero attached hydrogens (tertiary/aromatic N) is 2. The number of carbonyl (C=O) groups is 1. The van der Waals surface area contributed by atoms with Gasteiger partial charge in [0.2, 0.25) is 5.91 Å². The molecule has 0 aliphatic carbocycles. The molecule has 2 rings (SSSR count). The smallest absolute Gasteiger partial charge is 0.233 e. The Kier molecular flexibility index (Phi) is 3.95. The van der Waals surface area contributed by atoms with Crippen LogP contribution in [0.2, 0.25) is 0 Å². The molecule has 0 saturated carbocycles. The number of rotatable bonds is 2. The third-order valence-corrected chi connectivity index (χ3v) is 3.41. The molecule has 2 atom stereocenters. The van der Waals surface area contributed by atoms with E-state index in [4.69, 9.17) is 12.2 Å². The molecule has 1 amide bonds. The Morgan fingerprint density at radius 1 is 1.32 bits per heavy atom. The van der Waals surface area contributed by atoms with Crippen molar-refractivity contribution >= 4 is 28.9 Å². The lowest BCUT2D eigenvalue weighted by Gasteiger charge is -2.33. The minimum Gasteiger partial charge on any atom is -0.353 e. The Balaban J connectivity index is 2.42. The number of carbonyl (C=O) groups excluding carboxylic acids is 1. The lowest BCUT2D eigenvalue weighted by Crippen LogP contribution is -2.47. The van der Waals surface area contributed by atoms with Crippen molar-refractivity contribution in [3.05, 3.63) is 35.9 Å². The van der Waals surface area contributed by atoms with Crippen molar-refractivity contribution in [2.75, 3.05) is 14.1 Å². The summed E-state index contributed by atoms with van der Waals surface area (Å²) < 4.78 is 0. The highest BCUT2D eigenvalue weighted by atomic mass is 32.1. The Bertz CT molecular complexity index is 525. The summed E-state index contributed by atoms with van der Waals surface area (Å²) in [4.78, 5) is 18.2. The highest BCUT2D eigenvalue weighted by molar-refractivity contribution is 7.80. The van der Waals surface area contributed by atoms with E-state index >= 15 is 0 Å². The van der Waals surface area contributed by atoms with Gasteiger partial charge < -0.3 is 10.2 Å². The summed E-state index contributed by atoms with van der Waals surface area (Å²) >= 11 is 5.14. The highest BCUT2D eigenvalue weighted by Gasteiger charge is 2.36. The Hall–Kier alpha value is -1.75. The molecule has 1 aliphatic heterocycles. The predicted octanol–water partition coefficient (Wildman–Crippen LogP) is 1.78. The van der Waals surface area contributed by atoms with Crippen molar-refractivity contribution < 1.29 is 4.79 Å². The Labute approximate surface area is 118 Å². The van der Waals surface area contributed by atoms with Crippen LogP contribution < -0.4 is 5.32 Å². The maximum absolute atomic E-state index is 12.4. The summed E-state index contributed by atoms with van der Waals surface area (Å²) in [6.07, 6.45) is 0. The molecule has 19 heavy (non-hydrogen) atoms. The average Bonchev–Trinajstić information content (AvgIpc) is 2.38. The third kappa shape index (κ3) is 2.81. The molecular formula is C14H17N3OS. The average molecular weight is 275 g/mol. The van der Waals surface area contributed by atoms with Crippen LogP contribution >= 0.6 is 12.2 Å². The van der Waals surface area contributed by atoms with E-state index in [1.165, 1.54) is 0 Å². The summed E-state index contributed by atoms with van der Waals surface area (Å²) in [7, 11) is 3.51. The SMILES string of the molecule is CC1=NC(=S)NC(c2ccccc2)C1C(=O)N(C)C. The zero-order chi connectivity index (χ0) is 14.0. The van der Waals surface area contributed by atoms with Gasteiger partial charge in [-0.2, -0.15) is 0 Å². The van der Waals surface area contributed by atoms with E-state index < -0.39 is 0 Å². The first-order valence-corrected chi connectivity index (χ1v) is 6.53. The minimum absolute atomic E-state index is 0.0325. The topological polar surface area (TPSA) is 44.7 Å². The van der Waals surface area contributed by atoms with Gasteiger partial charge in [-0.1, -0.05) is 30.3 Å². The monoisotopic (exact) mass is 275 g/mol. The van der Waals surface area contributed by atoms with E-state index in [2.05, 4.69) is 10.3 Å². The fourth-order valence-corrected chi connectivity index (χ4v) is 2.53. The van der Waals surface area contributed by atoms with Crippen molar-refractivity contribution in [2.45, 2.75) is 13.0 Å². The van der Waals surface area contributed by atoms with E-state index in [1.807, 2.05) is 37.3 Å². The molecule has 4 nitrogen and oxygen atoms in total. The molecule has 100 valence electrons. The summed E-state index contributed by atoms with van der Waals surface area (Å²) in [5.74, 6) is -0.283. The molecular weight excluding hydrogens is 258 g/mol. The van der Waals surface area contributed by atoms with E-state index in [9.17, 15) is 4.79 Å². The second-order valence-electron chi connectivity index (χ2n) is 4.80. The van der Waals surface area contributed by atoms with Crippen LogP contribution in [-0.4, -0.2) is 35.7 Å². The van der Waals surface area contributed by atoms with Gasteiger partial charge in [-0.15, -0.1) is 0 Å². The molecule has 2 unspecified atom stereocenters. The molecule has 1 heterocycles. The second-order valence-corrected chi connectivity index (χ2v) is 5.19. The largest absolute Gasteiger partial charge is 0.353 e. The lowest BCUT2D eigenvalue weighted by molar-refractivity contribution is -0.131. The van der Waals surface area contributed by atoms with Gasteiger partial charge >= 0.3 is 0 Å². The van der Waals surface area contributed by atoms with E-state index in [0.717, 1.165) is 11.3 Å².